The van der Waals surface area contributed by atoms with Crippen LogP contribution in [0.4, 0.5) is 0 Å². The van der Waals surface area contributed by atoms with Crippen molar-refractivity contribution in [3.63, 3.8) is 0 Å². The summed E-state index contributed by atoms with van der Waals surface area (Å²) in [6, 6.07) is 0. The minimum atomic E-state index is -1.22. The Morgan fingerprint density at radius 3 is 1.46 bits per heavy atom. The van der Waals surface area contributed by atoms with E-state index in [2.05, 4.69) is 0 Å². The summed E-state index contributed by atoms with van der Waals surface area (Å²) in [7, 11) is 0. The lowest BCUT2D eigenvalue weighted by atomic mass is 9.93. The van der Waals surface area contributed by atoms with Crippen molar-refractivity contribution in [2.24, 2.45) is 11.1 Å². The summed E-state index contributed by atoms with van der Waals surface area (Å²) >= 11 is 0. The molecule has 0 aromatic carbocycles. The van der Waals surface area contributed by atoms with Crippen molar-refractivity contribution in [3.05, 3.63) is 0 Å². The average Bonchev–Trinajstić information content (AvgIpc) is 1.65. The van der Waals surface area contributed by atoms with Crippen LogP contribution in [0.1, 0.15) is 13.8 Å². The summed E-state index contributed by atoms with van der Waals surface area (Å²) in [5.41, 5.74) is 3.75. The first-order chi connectivity index (χ1) is 3.89. The van der Waals surface area contributed by atoms with Gasteiger partial charge in [0.1, 0.15) is 11.3 Å². The minimum Gasteiger partial charge on any atom is -0.481 e. The van der Waals surface area contributed by atoms with Gasteiger partial charge in [-0.25, -0.2) is 0 Å². The first-order valence-corrected chi connectivity index (χ1v) is 2.47. The molecule has 0 saturated carbocycles. The summed E-state index contributed by atoms with van der Waals surface area (Å²) in [4.78, 5) is 10.2. The number of nitrogens with one attached hydrogen (secondary N) is 1. The first-order valence-electron chi connectivity index (χ1n) is 2.47. The van der Waals surface area contributed by atoms with Crippen LogP contribution in [0.3, 0.4) is 0 Å². The number of hydrogen-bond donors (Lipinski definition) is 3. The van der Waals surface area contributed by atoms with Crippen LogP contribution < -0.4 is 5.73 Å². The molecule has 0 saturated heterocycles. The van der Waals surface area contributed by atoms with Crippen LogP contribution >= 0.6 is 0 Å². The van der Waals surface area contributed by atoms with Crippen LogP contribution in [0.25, 0.3) is 0 Å². The molecule has 0 rings (SSSR count). The molecule has 0 aromatic heterocycles. The third-order valence-electron chi connectivity index (χ3n) is 1.21. The van der Waals surface area contributed by atoms with Gasteiger partial charge in [-0.15, -0.1) is 0 Å². The van der Waals surface area contributed by atoms with E-state index >= 15 is 0 Å². The van der Waals surface area contributed by atoms with Crippen LogP contribution in [0, 0.1) is 10.8 Å². The Kier molecular flexibility index (Phi) is 20.3. The van der Waals surface area contributed by atoms with E-state index in [0.717, 1.165) is 0 Å². The molecule has 8 nitrogen and oxygen atoms in total. The maximum atomic E-state index is 10.2. The van der Waals surface area contributed by atoms with E-state index < -0.39 is 11.4 Å². The van der Waals surface area contributed by atoms with Crippen LogP contribution in [-0.4, -0.2) is 38.8 Å². The molecule has 0 bridgehead atoms. The Labute approximate surface area is 75.1 Å². The first kappa shape index (κ1) is 29.8. The third-order valence-corrected chi connectivity index (χ3v) is 1.21. The quantitative estimate of drug-likeness (QED) is 0.310. The van der Waals surface area contributed by atoms with Crippen molar-refractivity contribution >= 4 is 11.8 Å². The molecule has 0 unspecified atom stereocenters. The molecule has 0 aliphatic rings. The predicted octanol–water partition coefficient (Wildman–Crippen LogP) is -3.27. The van der Waals surface area contributed by atoms with E-state index in [4.69, 9.17) is 16.2 Å². The molecule has 0 aliphatic heterocycles. The van der Waals surface area contributed by atoms with Crippen molar-refractivity contribution in [1.29, 1.82) is 5.41 Å². The molecule has 0 heterocycles. The number of carboxylic acids is 1. The topological polar surface area (TPSA) is 213 Å². The van der Waals surface area contributed by atoms with Gasteiger partial charge in [0, 0.05) is 0 Å². The molecule has 13 heavy (non-hydrogen) atoms. The van der Waals surface area contributed by atoms with Crippen LogP contribution in [0.2, 0.25) is 0 Å². The second-order valence-corrected chi connectivity index (χ2v) is 2.34. The molecular weight excluding hydrogens is 184 g/mol. The monoisotopic (exact) mass is 202 g/mol. The van der Waals surface area contributed by atoms with Gasteiger partial charge in [-0.3, -0.25) is 10.2 Å². The van der Waals surface area contributed by atoms with E-state index in [0.29, 0.717) is 0 Å². The Morgan fingerprint density at radius 2 is 1.46 bits per heavy atom. The highest BCUT2D eigenvalue weighted by molar-refractivity contribution is 6.01. The summed E-state index contributed by atoms with van der Waals surface area (Å²) in [5.74, 6) is -1.40. The van der Waals surface area contributed by atoms with Crippen LogP contribution in [-0.2, 0) is 4.79 Å². The third kappa shape index (κ3) is 7.15. The molecule has 8 heteroatoms. The normalized spacial score (nSPS) is 7.54. The zero-order chi connectivity index (χ0) is 7.65. The highest BCUT2D eigenvalue weighted by Gasteiger charge is 2.30. The summed E-state index contributed by atoms with van der Waals surface area (Å²) < 4.78 is 0. The Hall–Kier alpha value is -1.22. The average molecular weight is 202 g/mol. The highest BCUT2D eigenvalue weighted by Crippen LogP contribution is 2.13. The lowest BCUT2D eigenvalue weighted by Crippen LogP contribution is -2.37. The molecule has 0 aromatic rings. The molecule has 0 fully saturated rings. The second kappa shape index (κ2) is 8.87. The Balaban J connectivity index is -0.0000000533. The van der Waals surface area contributed by atoms with Gasteiger partial charge in [0.15, 0.2) is 0 Å². The van der Waals surface area contributed by atoms with Crippen LogP contribution in [0.5, 0.6) is 0 Å². The molecule has 84 valence electrons. The van der Waals surface area contributed by atoms with Gasteiger partial charge in [-0.1, -0.05) is 0 Å². The Bertz CT molecular complexity index is 141. The highest BCUT2D eigenvalue weighted by atomic mass is 16.4. The van der Waals surface area contributed by atoms with E-state index in [-0.39, 0.29) is 27.7 Å². The zero-order valence-electron chi connectivity index (χ0n) is 7.43. The maximum absolute atomic E-state index is 10.2. The fourth-order valence-electron chi connectivity index (χ4n) is 0.115. The number of carboxylic acid groups (broad SMARTS) is 1. The van der Waals surface area contributed by atoms with Crippen molar-refractivity contribution in [2.45, 2.75) is 13.8 Å². The number of nitrogens with two attached hydrogens (primary N) is 1. The lowest BCUT2D eigenvalue weighted by molar-refractivity contribution is -0.143. The molecule has 0 aliphatic carbocycles. The molecule has 0 atom stereocenters. The molecular formula is C5H18N2O6. The molecule has 12 N–H and O–H groups in total. The van der Waals surface area contributed by atoms with E-state index in [1.54, 1.807) is 0 Å². The number of amidine groups is 1. The summed E-state index contributed by atoms with van der Waals surface area (Å²) in [5, 5.41) is 15.2. The molecule has 0 spiro atoms. The summed E-state index contributed by atoms with van der Waals surface area (Å²) in [6.45, 7) is 2.77. The number of rotatable bonds is 2. The summed E-state index contributed by atoms with van der Waals surface area (Å²) in [6.07, 6.45) is 0. The van der Waals surface area contributed by atoms with E-state index in [1.165, 1.54) is 13.8 Å². The largest absolute Gasteiger partial charge is 0.481 e. The molecule has 0 radical (unpaired) electrons. The van der Waals surface area contributed by atoms with Gasteiger partial charge in [0.2, 0.25) is 0 Å². The SMILES string of the molecule is CC(C)(C(=N)N)C(=O)O.O.O.O.O. The molecule has 0 amide bonds. The fraction of sp³-hybridized carbons (Fsp3) is 0.600. The number of carbonyl (C=O) groups is 1. The van der Waals surface area contributed by atoms with E-state index in [9.17, 15) is 4.79 Å². The number of hydrogen-bond acceptors (Lipinski definition) is 2. The van der Waals surface area contributed by atoms with Gasteiger partial charge in [-0.05, 0) is 13.8 Å². The van der Waals surface area contributed by atoms with Gasteiger partial charge < -0.3 is 32.7 Å². The standard InChI is InChI=1S/C5H10N2O2.4H2O/c1-5(2,3(6)7)4(8)9;;;;/h1-2H3,(H3,6,7)(H,8,9);4*1H2. The predicted molar refractivity (Wildman–Crippen MR) is 47.8 cm³/mol. The minimum absolute atomic E-state index is 0. The van der Waals surface area contributed by atoms with Crippen molar-refractivity contribution in [1.82, 2.24) is 0 Å². The van der Waals surface area contributed by atoms with Gasteiger partial charge in [0.05, 0.1) is 0 Å². The van der Waals surface area contributed by atoms with Gasteiger partial charge in [-0.2, -0.15) is 0 Å². The maximum Gasteiger partial charge on any atom is 0.316 e. The van der Waals surface area contributed by atoms with Crippen molar-refractivity contribution in [2.75, 3.05) is 0 Å². The van der Waals surface area contributed by atoms with Gasteiger partial charge in [0.25, 0.3) is 0 Å². The zero-order valence-corrected chi connectivity index (χ0v) is 7.43. The lowest BCUT2D eigenvalue weighted by Gasteiger charge is -2.15. The van der Waals surface area contributed by atoms with E-state index in [1.807, 2.05) is 0 Å². The Morgan fingerprint density at radius 1 is 1.23 bits per heavy atom. The van der Waals surface area contributed by atoms with Crippen LogP contribution in [0.15, 0.2) is 0 Å². The van der Waals surface area contributed by atoms with Crippen molar-refractivity contribution < 1.29 is 31.8 Å². The van der Waals surface area contributed by atoms with Gasteiger partial charge >= 0.3 is 5.97 Å². The number of aliphatic carboxylic acids is 1. The van der Waals surface area contributed by atoms with Crippen molar-refractivity contribution in [3.8, 4) is 0 Å². The smallest absolute Gasteiger partial charge is 0.316 e. The second-order valence-electron chi connectivity index (χ2n) is 2.34. The fourth-order valence-corrected chi connectivity index (χ4v) is 0.115.